The van der Waals surface area contributed by atoms with Gasteiger partial charge in [-0.3, -0.25) is 0 Å². The summed E-state index contributed by atoms with van der Waals surface area (Å²) in [6, 6.07) is 2.87. The number of fused-ring (bicyclic) bond motifs is 1. The molecule has 0 saturated heterocycles. The van der Waals surface area contributed by atoms with E-state index in [4.69, 9.17) is 0 Å². The Balaban J connectivity index is 2.06. The highest BCUT2D eigenvalue weighted by Crippen LogP contribution is 2.57. The van der Waals surface area contributed by atoms with Gasteiger partial charge in [0.05, 0.1) is 6.10 Å². The lowest BCUT2D eigenvalue weighted by atomic mass is 9.95. The third-order valence-electron chi connectivity index (χ3n) is 4.39. The molecule has 1 aromatic heterocycles. The van der Waals surface area contributed by atoms with Crippen molar-refractivity contribution < 1.29 is 5.11 Å². The van der Waals surface area contributed by atoms with Crippen LogP contribution < -0.4 is 0 Å². The minimum Gasteiger partial charge on any atom is -0.388 e. The molecule has 0 aliphatic heterocycles. The molecule has 0 radical (unpaired) electrons. The predicted octanol–water partition coefficient (Wildman–Crippen LogP) is 3.14. The monoisotopic (exact) mass is 219 g/mol. The van der Waals surface area contributed by atoms with Crippen molar-refractivity contribution in [1.82, 2.24) is 4.57 Å². The summed E-state index contributed by atoms with van der Waals surface area (Å²) in [5.74, 6) is 0. The number of aromatic nitrogens is 1. The number of rotatable bonds is 1. The second-order valence-corrected chi connectivity index (χ2v) is 6.17. The summed E-state index contributed by atoms with van der Waals surface area (Å²) in [5.41, 5.74) is 4.40. The summed E-state index contributed by atoms with van der Waals surface area (Å²) in [6.45, 7) is 6.85. The number of hydrogen-bond acceptors (Lipinski definition) is 1. The summed E-state index contributed by atoms with van der Waals surface area (Å²) in [4.78, 5) is 0. The molecule has 3 rings (SSSR count). The average molecular weight is 219 g/mol. The average Bonchev–Trinajstić information content (AvgIpc) is 2.68. The van der Waals surface area contributed by atoms with E-state index in [1.807, 2.05) is 0 Å². The largest absolute Gasteiger partial charge is 0.388 e. The molecular formula is C14H21NO. The van der Waals surface area contributed by atoms with E-state index in [1.165, 1.54) is 23.4 Å². The van der Waals surface area contributed by atoms with Crippen LogP contribution in [0.2, 0.25) is 0 Å². The van der Waals surface area contributed by atoms with Gasteiger partial charge < -0.3 is 9.67 Å². The van der Waals surface area contributed by atoms with Crippen molar-refractivity contribution in [3.8, 4) is 0 Å². The lowest BCUT2D eigenvalue weighted by Crippen LogP contribution is -2.13. The zero-order chi connectivity index (χ0) is 11.5. The lowest BCUT2D eigenvalue weighted by Gasteiger charge is -2.21. The van der Waals surface area contributed by atoms with Crippen molar-refractivity contribution in [1.29, 1.82) is 0 Å². The predicted molar refractivity (Wildman–Crippen MR) is 64.5 cm³/mol. The second-order valence-electron chi connectivity index (χ2n) is 6.17. The van der Waals surface area contributed by atoms with E-state index < -0.39 is 0 Å². The minimum absolute atomic E-state index is 0.217. The van der Waals surface area contributed by atoms with Crippen LogP contribution in [0.25, 0.3) is 0 Å². The SMILES string of the molecule is Cc1cc2c(n1C1CC1(C)C)CCCC2O. The van der Waals surface area contributed by atoms with Gasteiger partial charge in [0.15, 0.2) is 0 Å². The fourth-order valence-corrected chi connectivity index (χ4v) is 3.22. The van der Waals surface area contributed by atoms with Crippen LogP contribution in [-0.4, -0.2) is 9.67 Å². The molecule has 1 fully saturated rings. The molecule has 0 spiro atoms. The molecule has 0 bridgehead atoms. The number of aliphatic hydroxyl groups excluding tert-OH is 1. The van der Waals surface area contributed by atoms with Gasteiger partial charge >= 0.3 is 0 Å². The topological polar surface area (TPSA) is 25.2 Å². The Hall–Kier alpha value is -0.760. The van der Waals surface area contributed by atoms with Gasteiger partial charge in [-0.05, 0) is 44.1 Å². The Bertz CT molecular complexity index is 430. The summed E-state index contributed by atoms with van der Waals surface area (Å²) in [7, 11) is 0. The van der Waals surface area contributed by atoms with Crippen molar-refractivity contribution in [2.75, 3.05) is 0 Å². The minimum atomic E-state index is -0.217. The number of aliphatic hydroxyl groups is 1. The van der Waals surface area contributed by atoms with E-state index in [0.717, 1.165) is 19.3 Å². The summed E-state index contributed by atoms with van der Waals surface area (Å²) in [6.07, 6.45) is 4.28. The molecule has 1 saturated carbocycles. The molecular weight excluding hydrogens is 198 g/mol. The fraction of sp³-hybridized carbons (Fsp3) is 0.714. The molecule has 2 nitrogen and oxygen atoms in total. The van der Waals surface area contributed by atoms with E-state index in [1.54, 1.807) is 0 Å². The Morgan fingerprint density at radius 2 is 2.12 bits per heavy atom. The van der Waals surface area contributed by atoms with Gasteiger partial charge in [0, 0.05) is 23.0 Å². The first-order chi connectivity index (χ1) is 7.50. The quantitative estimate of drug-likeness (QED) is 0.771. The summed E-state index contributed by atoms with van der Waals surface area (Å²) < 4.78 is 2.50. The zero-order valence-corrected chi connectivity index (χ0v) is 10.5. The van der Waals surface area contributed by atoms with Gasteiger partial charge in [-0.2, -0.15) is 0 Å². The highest BCUT2D eigenvalue weighted by Gasteiger charge is 2.48. The molecule has 1 heterocycles. The molecule has 88 valence electrons. The van der Waals surface area contributed by atoms with Crippen molar-refractivity contribution >= 4 is 0 Å². The maximum atomic E-state index is 10.0. The number of aryl methyl sites for hydroxylation is 1. The third-order valence-corrected chi connectivity index (χ3v) is 4.39. The van der Waals surface area contributed by atoms with Crippen LogP contribution in [0.5, 0.6) is 0 Å². The number of hydrogen-bond donors (Lipinski definition) is 1. The molecule has 2 heteroatoms. The fourth-order valence-electron chi connectivity index (χ4n) is 3.22. The highest BCUT2D eigenvalue weighted by atomic mass is 16.3. The van der Waals surface area contributed by atoms with E-state index in [-0.39, 0.29) is 6.10 Å². The van der Waals surface area contributed by atoms with Crippen LogP contribution in [0.4, 0.5) is 0 Å². The summed E-state index contributed by atoms with van der Waals surface area (Å²) in [5, 5.41) is 10.0. The molecule has 0 amide bonds. The van der Waals surface area contributed by atoms with E-state index in [9.17, 15) is 5.11 Å². The van der Waals surface area contributed by atoms with Crippen molar-refractivity contribution in [2.24, 2.45) is 5.41 Å². The van der Waals surface area contributed by atoms with Crippen molar-refractivity contribution in [3.63, 3.8) is 0 Å². The Morgan fingerprint density at radius 1 is 1.44 bits per heavy atom. The molecule has 2 unspecified atom stereocenters. The van der Waals surface area contributed by atoms with Crippen LogP contribution >= 0.6 is 0 Å². The molecule has 2 aliphatic rings. The molecule has 1 aromatic rings. The highest BCUT2D eigenvalue weighted by molar-refractivity contribution is 5.34. The Kier molecular flexibility index (Phi) is 2.03. The maximum Gasteiger partial charge on any atom is 0.0807 e. The van der Waals surface area contributed by atoms with E-state index in [0.29, 0.717) is 11.5 Å². The second kappa shape index (κ2) is 3.13. The molecule has 2 aliphatic carbocycles. The van der Waals surface area contributed by atoms with Crippen LogP contribution in [0.15, 0.2) is 6.07 Å². The van der Waals surface area contributed by atoms with Gasteiger partial charge in [-0.1, -0.05) is 13.8 Å². The molecule has 2 atom stereocenters. The standard InChI is InChI=1S/C14H21NO/c1-9-7-10-11(5-4-6-12(10)16)15(9)13-8-14(13,2)3/h7,12-13,16H,4-6,8H2,1-3H3. The Morgan fingerprint density at radius 3 is 2.75 bits per heavy atom. The van der Waals surface area contributed by atoms with Gasteiger partial charge in [0.1, 0.15) is 0 Å². The summed E-state index contributed by atoms with van der Waals surface area (Å²) >= 11 is 0. The van der Waals surface area contributed by atoms with Gasteiger partial charge in [-0.15, -0.1) is 0 Å². The van der Waals surface area contributed by atoms with Gasteiger partial charge in [0.2, 0.25) is 0 Å². The van der Waals surface area contributed by atoms with Gasteiger partial charge in [0.25, 0.3) is 0 Å². The van der Waals surface area contributed by atoms with Gasteiger partial charge in [-0.25, -0.2) is 0 Å². The molecule has 0 aromatic carbocycles. The maximum absolute atomic E-state index is 10.0. The smallest absolute Gasteiger partial charge is 0.0807 e. The molecule has 1 N–H and O–H groups in total. The van der Waals surface area contributed by atoms with Crippen LogP contribution in [0.3, 0.4) is 0 Å². The molecule has 16 heavy (non-hydrogen) atoms. The van der Waals surface area contributed by atoms with Crippen LogP contribution in [0.1, 0.15) is 62.2 Å². The van der Waals surface area contributed by atoms with E-state index in [2.05, 4.69) is 31.4 Å². The van der Waals surface area contributed by atoms with Crippen LogP contribution in [-0.2, 0) is 6.42 Å². The first-order valence-electron chi connectivity index (χ1n) is 6.39. The van der Waals surface area contributed by atoms with E-state index >= 15 is 0 Å². The normalized spacial score (nSPS) is 31.2. The van der Waals surface area contributed by atoms with Crippen LogP contribution in [0, 0.1) is 12.3 Å². The first-order valence-corrected chi connectivity index (χ1v) is 6.39. The third kappa shape index (κ3) is 1.36. The first kappa shape index (κ1) is 10.4. The number of nitrogens with zero attached hydrogens (tertiary/aromatic N) is 1. The zero-order valence-electron chi connectivity index (χ0n) is 10.5. The van der Waals surface area contributed by atoms with Crippen molar-refractivity contribution in [2.45, 2.75) is 58.6 Å². The lowest BCUT2D eigenvalue weighted by molar-refractivity contribution is 0.155. The van der Waals surface area contributed by atoms with Crippen molar-refractivity contribution in [3.05, 3.63) is 23.0 Å². The Labute approximate surface area is 97.3 Å².